The van der Waals surface area contributed by atoms with E-state index >= 15 is 0 Å². The molecular formula is C27H24N2O2. The molecule has 4 heteroatoms. The van der Waals surface area contributed by atoms with Crippen LogP contribution in [-0.2, 0) is 0 Å². The lowest BCUT2D eigenvalue weighted by Crippen LogP contribution is -2.15. The lowest BCUT2D eigenvalue weighted by Gasteiger charge is -2.22. The van der Waals surface area contributed by atoms with Crippen LogP contribution in [0.3, 0.4) is 0 Å². The summed E-state index contributed by atoms with van der Waals surface area (Å²) in [7, 11) is 3.33. The third-order valence-corrected chi connectivity index (χ3v) is 4.93. The van der Waals surface area contributed by atoms with Crippen LogP contribution in [-0.4, -0.2) is 19.9 Å². The van der Waals surface area contributed by atoms with Gasteiger partial charge in [-0.3, -0.25) is 0 Å². The van der Waals surface area contributed by atoms with Crippen LogP contribution in [0.25, 0.3) is 0 Å². The van der Waals surface area contributed by atoms with Gasteiger partial charge in [0.2, 0.25) is 0 Å². The zero-order chi connectivity index (χ0) is 21.5. The fourth-order valence-corrected chi connectivity index (χ4v) is 3.28. The number of anilines is 2. The van der Waals surface area contributed by atoms with E-state index in [9.17, 15) is 0 Å². The summed E-state index contributed by atoms with van der Waals surface area (Å²) in [6.07, 6.45) is 0. The van der Waals surface area contributed by atoms with Crippen molar-refractivity contribution in [3.05, 3.63) is 120 Å². The average Bonchev–Trinajstić information content (AvgIpc) is 2.86. The van der Waals surface area contributed by atoms with Gasteiger partial charge in [-0.25, -0.2) is 5.01 Å². The van der Waals surface area contributed by atoms with E-state index in [-0.39, 0.29) is 0 Å². The maximum atomic E-state index is 5.34. The SMILES string of the molecule is COc1ccc(C(=NN(c2ccccc2)c2ccccc2)c2ccc(OC)cc2)cc1. The minimum atomic E-state index is 0.806. The Morgan fingerprint density at radius 2 is 0.935 bits per heavy atom. The molecule has 0 aliphatic heterocycles. The fourth-order valence-electron chi connectivity index (χ4n) is 3.28. The first-order chi connectivity index (χ1) is 15.3. The van der Waals surface area contributed by atoms with E-state index < -0.39 is 0 Å². The second-order valence-corrected chi connectivity index (χ2v) is 6.89. The summed E-state index contributed by atoms with van der Waals surface area (Å²) in [6, 6.07) is 36.2. The van der Waals surface area contributed by atoms with Crippen LogP contribution in [0.15, 0.2) is 114 Å². The van der Waals surface area contributed by atoms with Gasteiger partial charge >= 0.3 is 0 Å². The highest BCUT2D eigenvalue weighted by atomic mass is 16.5. The number of hydrogen-bond acceptors (Lipinski definition) is 4. The summed E-state index contributed by atoms with van der Waals surface area (Å²) in [5, 5.41) is 7.10. The van der Waals surface area contributed by atoms with Gasteiger partial charge in [0.1, 0.15) is 11.5 Å². The number of methoxy groups -OCH3 is 2. The number of hydrogen-bond donors (Lipinski definition) is 0. The molecule has 0 aromatic heterocycles. The van der Waals surface area contributed by atoms with Gasteiger partial charge in [-0.2, -0.15) is 5.10 Å². The van der Waals surface area contributed by atoms with E-state index in [2.05, 4.69) is 24.3 Å². The van der Waals surface area contributed by atoms with E-state index in [0.717, 1.165) is 39.7 Å². The Morgan fingerprint density at radius 3 is 1.29 bits per heavy atom. The lowest BCUT2D eigenvalue weighted by molar-refractivity contribution is 0.414. The lowest BCUT2D eigenvalue weighted by atomic mass is 10.0. The Labute approximate surface area is 183 Å². The third-order valence-electron chi connectivity index (χ3n) is 4.93. The zero-order valence-electron chi connectivity index (χ0n) is 17.6. The number of nitrogens with zero attached hydrogens (tertiary/aromatic N) is 2. The summed E-state index contributed by atoms with van der Waals surface area (Å²) in [6.45, 7) is 0. The molecule has 4 rings (SSSR count). The van der Waals surface area contributed by atoms with Gasteiger partial charge in [0.25, 0.3) is 0 Å². The molecule has 0 spiro atoms. The largest absolute Gasteiger partial charge is 0.497 e. The maximum absolute atomic E-state index is 5.34. The molecule has 0 fully saturated rings. The Bertz CT molecular complexity index is 1030. The molecule has 0 aliphatic carbocycles. The second-order valence-electron chi connectivity index (χ2n) is 6.89. The zero-order valence-corrected chi connectivity index (χ0v) is 17.6. The molecule has 0 amide bonds. The van der Waals surface area contributed by atoms with Crippen LogP contribution in [0.4, 0.5) is 11.4 Å². The summed E-state index contributed by atoms with van der Waals surface area (Å²) in [5.41, 5.74) is 4.78. The molecule has 4 nitrogen and oxygen atoms in total. The van der Waals surface area contributed by atoms with Gasteiger partial charge in [-0.05, 0) is 72.8 Å². The van der Waals surface area contributed by atoms with Crippen molar-refractivity contribution in [3.63, 3.8) is 0 Å². The van der Waals surface area contributed by atoms with Crippen LogP contribution >= 0.6 is 0 Å². The molecule has 0 aliphatic rings. The molecule has 31 heavy (non-hydrogen) atoms. The summed E-state index contributed by atoms with van der Waals surface area (Å²) in [4.78, 5) is 0. The average molecular weight is 409 g/mol. The van der Waals surface area contributed by atoms with Crippen molar-refractivity contribution in [1.82, 2.24) is 0 Å². The van der Waals surface area contributed by atoms with E-state index in [4.69, 9.17) is 14.6 Å². The van der Waals surface area contributed by atoms with Crippen LogP contribution in [0.5, 0.6) is 11.5 Å². The first-order valence-electron chi connectivity index (χ1n) is 10.1. The molecule has 0 N–H and O–H groups in total. The van der Waals surface area contributed by atoms with E-state index in [1.165, 1.54) is 0 Å². The predicted octanol–water partition coefficient (Wildman–Crippen LogP) is 6.29. The molecule has 0 bridgehead atoms. The summed E-state index contributed by atoms with van der Waals surface area (Å²) >= 11 is 0. The molecule has 0 saturated carbocycles. The van der Waals surface area contributed by atoms with E-state index in [0.29, 0.717) is 0 Å². The van der Waals surface area contributed by atoms with Crippen LogP contribution in [0.2, 0.25) is 0 Å². The van der Waals surface area contributed by atoms with Gasteiger partial charge < -0.3 is 9.47 Å². The molecular weight excluding hydrogens is 384 g/mol. The second kappa shape index (κ2) is 9.63. The Kier molecular flexibility index (Phi) is 6.29. The molecule has 4 aromatic rings. The monoisotopic (exact) mass is 408 g/mol. The smallest absolute Gasteiger partial charge is 0.118 e. The molecule has 154 valence electrons. The van der Waals surface area contributed by atoms with E-state index in [1.54, 1.807) is 14.2 Å². The van der Waals surface area contributed by atoms with Gasteiger partial charge in [-0.1, -0.05) is 36.4 Å². The van der Waals surface area contributed by atoms with Crippen LogP contribution in [0, 0.1) is 0 Å². The number of para-hydroxylation sites is 2. The van der Waals surface area contributed by atoms with Crippen molar-refractivity contribution in [2.75, 3.05) is 19.2 Å². The number of hydrazone groups is 1. The van der Waals surface area contributed by atoms with Crippen molar-refractivity contribution in [1.29, 1.82) is 0 Å². The van der Waals surface area contributed by atoms with Crippen molar-refractivity contribution in [3.8, 4) is 11.5 Å². The van der Waals surface area contributed by atoms with Crippen molar-refractivity contribution < 1.29 is 9.47 Å². The fraction of sp³-hybridized carbons (Fsp3) is 0.0741. The quantitative estimate of drug-likeness (QED) is 0.266. The van der Waals surface area contributed by atoms with Crippen LogP contribution in [0.1, 0.15) is 11.1 Å². The normalized spacial score (nSPS) is 10.3. The summed E-state index contributed by atoms with van der Waals surface area (Å²) in [5.74, 6) is 1.61. The molecule has 0 saturated heterocycles. The number of ether oxygens (including phenoxy) is 2. The van der Waals surface area contributed by atoms with Crippen molar-refractivity contribution >= 4 is 17.1 Å². The van der Waals surface area contributed by atoms with Gasteiger partial charge in [0, 0.05) is 11.1 Å². The number of benzene rings is 4. The standard InChI is InChI=1S/C27H24N2O2/c1-30-25-17-13-21(14-18-25)27(22-15-19-26(31-2)20-16-22)28-29(23-9-5-3-6-10-23)24-11-7-4-8-12-24/h3-20H,1-2H3. The highest BCUT2D eigenvalue weighted by Gasteiger charge is 2.14. The topological polar surface area (TPSA) is 34.1 Å². The molecule has 0 radical (unpaired) electrons. The Morgan fingerprint density at radius 1 is 0.548 bits per heavy atom. The minimum absolute atomic E-state index is 0.806. The first kappa shape index (κ1) is 20.2. The maximum Gasteiger partial charge on any atom is 0.118 e. The predicted molar refractivity (Wildman–Crippen MR) is 127 cm³/mol. The first-order valence-corrected chi connectivity index (χ1v) is 10.1. The van der Waals surface area contributed by atoms with Gasteiger partial charge in [-0.15, -0.1) is 0 Å². The molecule has 0 atom stereocenters. The highest BCUT2D eigenvalue weighted by Crippen LogP contribution is 2.27. The Balaban J connectivity index is 1.88. The number of rotatable bonds is 7. The molecule has 0 heterocycles. The molecule has 0 unspecified atom stereocenters. The summed E-state index contributed by atoms with van der Waals surface area (Å²) < 4.78 is 10.7. The molecule has 4 aromatic carbocycles. The highest BCUT2D eigenvalue weighted by molar-refractivity contribution is 6.13. The van der Waals surface area contributed by atoms with Crippen molar-refractivity contribution in [2.24, 2.45) is 5.10 Å². The van der Waals surface area contributed by atoms with E-state index in [1.807, 2.05) is 89.9 Å². The minimum Gasteiger partial charge on any atom is -0.497 e. The van der Waals surface area contributed by atoms with Crippen molar-refractivity contribution in [2.45, 2.75) is 0 Å². The third kappa shape index (κ3) is 4.75. The van der Waals surface area contributed by atoms with Crippen LogP contribution < -0.4 is 14.5 Å². The van der Waals surface area contributed by atoms with Gasteiger partial charge in [0.15, 0.2) is 0 Å². The van der Waals surface area contributed by atoms with Gasteiger partial charge in [0.05, 0.1) is 31.3 Å². The Hall–Kier alpha value is -4.05.